The lowest BCUT2D eigenvalue weighted by molar-refractivity contribution is -0.133. The van der Waals surface area contributed by atoms with Gasteiger partial charge in [0.1, 0.15) is 11.9 Å². The van der Waals surface area contributed by atoms with E-state index in [1.807, 2.05) is 6.07 Å². The van der Waals surface area contributed by atoms with Crippen LogP contribution in [0, 0.1) is 34.9 Å². The van der Waals surface area contributed by atoms with Crippen LogP contribution in [0.25, 0.3) is 0 Å². The maximum atomic E-state index is 14.5. The van der Waals surface area contributed by atoms with Crippen LogP contribution in [0.5, 0.6) is 0 Å². The first-order valence-corrected chi connectivity index (χ1v) is 10.6. The van der Waals surface area contributed by atoms with Crippen molar-refractivity contribution in [3.63, 3.8) is 0 Å². The third kappa shape index (κ3) is 6.44. The van der Waals surface area contributed by atoms with Crippen LogP contribution in [-0.2, 0) is 16.0 Å². The maximum Gasteiger partial charge on any atom is 0.407 e. The largest absolute Gasteiger partial charge is 0.465 e. The van der Waals surface area contributed by atoms with Crippen molar-refractivity contribution in [3.05, 3.63) is 35.1 Å². The molecule has 2 atom stereocenters. The van der Waals surface area contributed by atoms with E-state index in [1.54, 1.807) is 12.1 Å². The van der Waals surface area contributed by atoms with Crippen molar-refractivity contribution < 1.29 is 23.8 Å². The molecule has 3 rings (SSSR count). The van der Waals surface area contributed by atoms with E-state index in [0.717, 1.165) is 17.7 Å². The number of nitrogens with one attached hydrogen (secondary N) is 1. The molecule has 1 aromatic rings. The Bertz CT molecular complexity index is 912. The van der Waals surface area contributed by atoms with Crippen molar-refractivity contribution in [2.45, 2.75) is 50.7 Å². The first-order valence-electron chi connectivity index (χ1n) is 10.6. The molecule has 2 amide bonds. The molecule has 0 aromatic heterocycles. The zero-order chi connectivity index (χ0) is 22.2. The van der Waals surface area contributed by atoms with E-state index in [-0.39, 0.29) is 26.1 Å². The summed E-state index contributed by atoms with van der Waals surface area (Å²) >= 11 is 0. The SMILES string of the molecule is N#C[C@H](Cc1ccc(C#CC2CCCC2)cc1F)NC(=O)[C@@H]1CN(C(=O)O)CCCO1. The number of carbonyl (C=O) groups is 2. The van der Waals surface area contributed by atoms with Crippen LogP contribution in [0.3, 0.4) is 0 Å². The molecule has 2 aliphatic rings. The van der Waals surface area contributed by atoms with Gasteiger partial charge in [-0.2, -0.15) is 5.26 Å². The lowest BCUT2D eigenvalue weighted by Gasteiger charge is -2.22. The predicted octanol–water partition coefficient (Wildman–Crippen LogP) is 2.69. The second-order valence-electron chi connectivity index (χ2n) is 7.89. The minimum atomic E-state index is -1.13. The van der Waals surface area contributed by atoms with Gasteiger partial charge in [-0.15, -0.1) is 0 Å². The summed E-state index contributed by atoms with van der Waals surface area (Å²) in [5, 5.41) is 21.1. The molecule has 164 valence electrons. The Morgan fingerprint density at radius 3 is 2.77 bits per heavy atom. The number of carboxylic acid groups (broad SMARTS) is 1. The number of nitriles is 1. The predicted molar refractivity (Wildman–Crippen MR) is 110 cm³/mol. The number of rotatable bonds is 4. The van der Waals surface area contributed by atoms with Gasteiger partial charge in [0.25, 0.3) is 5.91 Å². The number of benzene rings is 1. The van der Waals surface area contributed by atoms with Gasteiger partial charge in [0.2, 0.25) is 0 Å². The van der Waals surface area contributed by atoms with Gasteiger partial charge >= 0.3 is 6.09 Å². The Labute approximate surface area is 181 Å². The fourth-order valence-electron chi connectivity index (χ4n) is 3.82. The van der Waals surface area contributed by atoms with Crippen LogP contribution in [0.1, 0.15) is 43.2 Å². The van der Waals surface area contributed by atoms with E-state index < -0.39 is 30.0 Å². The molecule has 0 radical (unpaired) electrons. The van der Waals surface area contributed by atoms with Crippen LogP contribution in [-0.4, -0.2) is 53.8 Å². The summed E-state index contributed by atoms with van der Waals surface area (Å²) in [6.07, 6.45) is 2.89. The van der Waals surface area contributed by atoms with Crippen LogP contribution in [0.15, 0.2) is 18.2 Å². The molecule has 1 aromatic carbocycles. The lowest BCUT2D eigenvalue weighted by atomic mass is 10.0. The van der Waals surface area contributed by atoms with Crippen LogP contribution in [0.2, 0.25) is 0 Å². The standard InChI is InChI=1S/C23H26FN3O4/c24-20-12-17(7-6-16-4-1-2-5-16)8-9-18(20)13-19(14-25)26-22(28)21-15-27(23(29)30)10-3-11-31-21/h8-9,12,16,19,21H,1-5,10-11,13,15H2,(H,26,28)(H,29,30)/t19-,21-/m0/s1. The summed E-state index contributed by atoms with van der Waals surface area (Å²) in [7, 11) is 0. The van der Waals surface area contributed by atoms with Gasteiger partial charge in [0.05, 0.1) is 12.6 Å². The average molecular weight is 427 g/mol. The topological polar surface area (TPSA) is 103 Å². The van der Waals surface area contributed by atoms with Crippen LogP contribution in [0.4, 0.5) is 9.18 Å². The molecule has 31 heavy (non-hydrogen) atoms. The summed E-state index contributed by atoms with van der Waals surface area (Å²) in [6, 6.07) is 5.65. The molecule has 1 aliphatic heterocycles. The van der Waals surface area contributed by atoms with Crippen molar-refractivity contribution in [1.82, 2.24) is 10.2 Å². The first-order chi connectivity index (χ1) is 15.0. The molecule has 7 nitrogen and oxygen atoms in total. The van der Waals surface area contributed by atoms with Gasteiger partial charge in [-0.05, 0) is 37.0 Å². The number of hydrogen-bond acceptors (Lipinski definition) is 4. The van der Waals surface area contributed by atoms with Gasteiger partial charge in [0.15, 0.2) is 6.10 Å². The molecule has 0 unspecified atom stereocenters. The Morgan fingerprint density at radius 1 is 1.32 bits per heavy atom. The Balaban J connectivity index is 1.60. The van der Waals surface area contributed by atoms with E-state index in [9.17, 15) is 24.3 Å². The summed E-state index contributed by atoms with van der Waals surface area (Å²) in [4.78, 5) is 24.8. The number of amides is 2. The molecular formula is C23H26FN3O4. The number of ether oxygens (including phenoxy) is 1. The normalized spacial score (nSPS) is 20.1. The van der Waals surface area contributed by atoms with Gasteiger partial charge < -0.3 is 20.1 Å². The number of nitrogens with zero attached hydrogens (tertiary/aromatic N) is 2. The summed E-state index contributed by atoms with van der Waals surface area (Å²) < 4.78 is 20.0. The van der Waals surface area contributed by atoms with Crippen molar-refractivity contribution >= 4 is 12.0 Å². The van der Waals surface area contributed by atoms with Crippen molar-refractivity contribution in [1.29, 1.82) is 5.26 Å². The quantitative estimate of drug-likeness (QED) is 0.720. The van der Waals surface area contributed by atoms with Crippen molar-refractivity contribution in [2.24, 2.45) is 5.92 Å². The van der Waals surface area contributed by atoms with E-state index in [1.165, 1.54) is 18.9 Å². The molecular weight excluding hydrogens is 401 g/mol. The highest BCUT2D eigenvalue weighted by atomic mass is 19.1. The number of halogens is 1. The molecule has 0 spiro atoms. The number of carbonyl (C=O) groups excluding carboxylic acids is 1. The lowest BCUT2D eigenvalue weighted by Crippen LogP contribution is -2.47. The Kier molecular flexibility index (Phi) is 7.86. The third-order valence-electron chi connectivity index (χ3n) is 5.57. The zero-order valence-corrected chi connectivity index (χ0v) is 17.3. The third-order valence-corrected chi connectivity index (χ3v) is 5.57. The molecule has 8 heteroatoms. The van der Waals surface area contributed by atoms with E-state index in [2.05, 4.69) is 17.2 Å². The summed E-state index contributed by atoms with van der Waals surface area (Å²) in [5.41, 5.74) is 0.888. The second-order valence-corrected chi connectivity index (χ2v) is 7.89. The van der Waals surface area contributed by atoms with Gasteiger partial charge in [0, 0.05) is 31.1 Å². The van der Waals surface area contributed by atoms with Crippen LogP contribution >= 0.6 is 0 Å². The first kappa shape index (κ1) is 22.6. The molecule has 2 N–H and O–H groups in total. The summed E-state index contributed by atoms with van der Waals surface area (Å²) in [6.45, 7) is 0.418. The van der Waals surface area contributed by atoms with E-state index in [0.29, 0.717) is 23.5 Å². The minimum Gasteiger partial charge on any atom is -0.465 e. The van der Waals surface area contributed by atoms with E-state index in [4.69, 9.17) is 4.74 Å². The fraction of sp³-hybridized carbons (Fsp3) is 0.522. The Hall–Kier alpha value is -3.10. The zero-order valence-electron chi connectivity index (χ0n) is 17.3. The van der Waals surface area contributed by atoms with Gasteiger partial charge in [-0.3, -0.25) is 4.79 Å². The highest BCUT2D eigenvalue weighted by Crippen LogP contribution is 2.24. The molecule has 1 saturated carbocycles. The van der Waals surface area contributed by atoms with E-state index >= 15 is 0 Å². The Morgan fingerprint density at radius 2 is 2.10 bits per heavy atom. The molecule has 1 heterocycles. The second kappa shape index (κ2) is 10.8. The van der Waals surface area contributed by atoms with Crippen molar-refractivity contribution in [2.75, 3.05) is 19.7 Å². The molecule has 1 aliphatic carbocycles. The highest BCUT2D eigenvalue weighted by Gasteiger charge is 2.29. The molecule has 2 fully saturated rings. The summed E-state index contributed by atoms with van der Waals surface area (Å²) in [5.74, 6) is 5.53. The minimum absolute atomic E-state index is 0.0141. The molecule has 1 saturated heterocycles. The highest BCUT2D eigenvalue weighted by molar-refractivity contribution is 5.82. The monoisotopic (exact) mass is 427 g/mol. The van der Waals surface area contributed by atoms with Crippen molar-refractivity contribution in [3.8, 4) is 17.9 Å². The molecule has 0 bridgehead atoms. The maximum absolute atomic E-state index is 14.5. The van der Waals surface area contributed by atoms with Gasteiger partial charge in [-0.25, -0.2) is 9.18 Å². The number of hydrogen-bond donors (Lipinski definition) is 2. The fourth-order valence-corrected chi connectivity index (χ4v) is 3.82. The smallest absolute Gasteiger partial charge is 0.407 e. The average Bonchev–Trinajstić information content (AvgIpc) is 3.14. The van der Waals surface area contributed by atoms with Crippen LogP contribution < -0.4 is 5.32 Å². The van der Waals surface area contributed by atoms with Gasteiger partial charge in [-0.1, -0.05) is 30.7 Å².